The number of amides is 1. The number of carbonyl (C=O) groups is 2. The maximum absolute atomic E-state index is 11.8. The summed E-state index contributed by atoms with van der Waals surface area (Å²) in [5.74, 6) is -0.839. The normalized spacial score (nSPS) is 41.2. The molecule has 26 heavy (non-hydrogen) atoms. The second kappa shape index (κ2) is 6.24. The van der Waals surface area contributed by atoms with Crippen molar-refractivity contribution in [3.63, 3.8) is 0 Å². The Bertz CT molecular complexity index is 664. The van der Waals surface area contributed by atoms with Gasteiger partial charge in [0.05, 0.1) is 0 Å². The monoisotopic (exact) mass is 359 g/mol. The molecule has 4 heteroatoms. The van der Waals surface area contributed by atoms with Gasteiger partial charge in [-0.25, -0.2) is 4.79 Å². The molecule has 2 fully saturated rings. The summed E-state index contributed by atoms with van der Waals surface area (Å²) in [6, 6.07) is 0. The Morgan fingerprint density at radius 1 is 1.23 bits per heavy atom. The SMILES string of the molecule is C=CC1(C)CC=C2C(CCC3C2(C)CCC(OC(=O)C(N)=O)C3(C)C)C1. The van der Waals surface area contributed by atoms with Gasteiger partial charge in [0.15, 0.2) is 0 Å². The summed E-state index contributed by atoms with van der Waals surface area (Å²) in [7, 11) is 0. The minimum absolute atomic E-state index is 0.143. The van der Waals surface area contributed by atoms with Gasteiger partial charge in [-0.15, -0.1) is 6.58 Å². The van der Waals surface area contributed by atoms with E-state index in [1.165, 1.54) is 12.8 Å². The summed E-state index contributed by atoms with van der Waals surface area (Å²) in [5, 5.41) is 0. The number of nitrogens with two attached hydrogens (primary N) is 1. The van der Waals surface area contributed by atoms with Crippen molar-refractivity contribution < 1.29 is 14.3 Å². The van der Waals surface area contributed by atoms with Crippen LogP contribution in [0, 0.1) is 28.1 Å². The average molecular weight is 360 g/mol. The molecule has 3 rings (SSSR count). The van der Waals surface area contributed by atoms with Gasteiger partial charge in [-0.3, -0.25) is 4.79 Å². The van der Waals surface area contributed by atoms with Crippen molar-refractivity contribution in [2.45, 2.75) is 72.3 Å². The van der Waals surface area contributed by atoms with Crippen LogP contribution < -0.4 is 5.73 Å². The lowest BCUT2D eigenvalue weighted by atomic mass is 9.46. The highest BCUT2D eigenvalue weighted by molar-refractivity contribution is 6.31. The first kappa shape index (κ1) is 19.2. The zero-order valence-corrected chi connectivity index (χ0v) is 16.6. The van der Waals surface area contributed by atoms with Crippen molar-refractivity contribution in [3.8, 4) is 0 Å². The van der Waals surface area contributed by atoms with Gasteiger partial charge >= 0.3 is 11.9 Å². The molecule has 0 saturated heterocycles. The Labute approximate surface area is 157 Å². The number of allylic oxidation sites excluding steroid dienone is 3. The van der Waals surface area contributed by atoms with Crippen LogP contribution in [0.4, 0.5) is 0 Å². The lowest BCUT2D eigenvalue weighted by molar-refractivity contribution is -0.174. The molecular formula is C22H33NO3. The van der Waals surface area contributed by atoms with Gasteiger partial charge in [-0.05, 0) is 61.2 Å². The highest BCUT2D eigenvalue weighted by atomic mass is 16.6. The average Bonchev–Trinajstić information content (AvgIpc) is 2.57. The summed E-state index contributed by atoms with van der Waals surface area (Å²) in [4.78, 5) is 22.9. The Morgan fingerprint density at radius 3 is 2.54 bits per heavy atom. The molecule has 0 heterocycles. The summed E-state index contributed by atoms with van der Waals surface area (Å²) in [6.45, 7) is 13.1. The van der Waals surface area contributed by atoms with Gasteiger partial charge in [0.25, 0.3) is 0 Å². The van der Waals surface area contributed by atoms with E-state index in [2.05, 4.69) is 46.4 Å². The van der Waals surface area contributed by atoms with Crippen LogP contribution in [0.15, 0.2) is 24.3 Å². The standard InChI is InChI=1S/C22H33NO3/c1-6-21(4)11-9-15-14(13-21)7-8-16-20(2,3)17(10-12-22(15,16)5)26-19(25)18(23)24/h6,9,14,16-17H,1,7-8,10-13H2,2-5H3,(H2,23,24). The fourth-order valence-electron chi connectivity index (χ4n) is 6.21. The van der Waals surface area contributed by atoms with Crippen LogP contribution in [0.5, 0.6) is 0 Å². The van der Waals surface area contributed by atoms with Crippen LogP contribution in [0.2, 0.25) is 0 Å². The van der Waals surface area contributed by atoms with Crippen molar-refractivity contribution in [2.24, 2.45) is 33.8 Å². The zero-order chi connectivity index (χ0) is 19.3. The first-order valence-electron chi connectivity index (χ1n) is 9.88. The molecule has 0 aliphatic heterocycles. The second-order valence-electron chi connectivity index (χ2n) is 9.79. The molecular weight excluding hydrogens is 326 g/mol. The van der Waals surface area contributed by atoms with Gasteiger partial charge in [0.2, 0.25) is 0 Å². The van der Waals surface area contributed by atoms with Crippen LogP contribution in [-0.2, 0) is 14.3 Å². The van der Waals surface area contributed by atoms with Crippen LogP contribution in [-0.4, -0.2) is 18.0 Å². The van der Waals surface area contributed by atoms with Gasteiger partial charge in [-0.2, -0.15) is 0 Å². The van der Waals surface area contributed by atoms with E-state index in [-0.39, 0.29) is 22.3 Å². The Hall–Kier alpha value is -1.58. The lowest BCUT2D eigenvalue weighted by Gasteiger charge is -2.60. The molecule has 2 N–H and O–H groups in total. The highest BCUT2D eigenvalue weighted by Crippen LogP contribution is 2.64. The molecule has 5 unspecified atom stereocenters. The molecule has 0 bridgehead atoms. The summed E-state index contributed by atoms with van der Waals surface area (Å²) in [5.41, 5.74) is 6.88. The number of hydrogen-bond donors (Lipinski definition) is 1. The van der Waals surface area contributed by atoms with E-state index < -0.39 is 11.9 Å². The Balaban J connectivity index is 1.88. The van der Waals surface area contributed by atoms with Crippen LogP contribution in [0.1, 0.15) is 66.2 Å². The molecule has 3 aliphatic rings. The van der Waals surface area contributed by atoms with E-state index in [1.807, 2.05) is 0 Å². The van der Waals surface area contributed by atoms with E-state index in [4.69, 9.17) is 10.5 Å². The molecule has 4 nitrogen and oxygen atoms in total. The zero-order valence-electron chi connectivity index (χ0n) is 16.6. The van der Waals surface area contributed by atoms with E-state index >= 15 is 0 Å². The van der Waals surface area contributed by atoms with Crippen molar-refractivity contribution in [1.82, 2.24) is 0 Å². The largest absolute Gasteiger partial charge is 0.455 e. The van der Waals surface area contributed by atoms with Crippen LogP contribution in [0.25, 0.3) is 0 Å². The summed E-state index contributed by atoms with van der Waals surface area (Å²) >= 11 is 0. The molecule has 144 valence electrons. The fraction of sp³-hybridized carbons (Fsp3) is 0.727. The molecule has 0 radical (unpaired) electrons. The van der Waals surface area contributed by atoms with Crippen molar-refractivity contribution in [2.75, 3.05) is 0 Å². The Morgan fingerprint density at radius 2 is 1.92 bits per heavy atom. The van der Waals surface area contributed by atoms with Crippen molar-refractivity contribution in [1.29, 1.82) is 0 Å². The maximum Gasteiger partial charge on any atom is 0.396 e. The van der Waals surface area contributed by atoms with Crippen LogP contribution >= 0.6 is 0 Å². The molecule has 0 spiro atoms. The lowest BCUT2D eigenvalue weighted by Crippen LogP contribution is -2.55. The van der Waals surface area contributed by atoms with Gasteiger partial charge in [-0.1, -0.05) is 45.4 Å². The number of carbonyl (C=O) groups excluding carboxylic acids is 2. The minimum Gasteiger partial charge on any atom is -0.455 e. The third-order valence-electron chi connectivity index (χ3n) is 7.77. The van der Waals surface area contributed by atoms with E-state index in [0.29, 0.717) is 11.8 Å². The maximum atomic E-state index is 11.8. The van der Waals surface area contributed by atoms with Crippen LogP contribution in [0.3, 0.4) is 0 Å². The minimum atomic E-state index is -1.00. The van der Waals surface area contributed by atoms with Gasteiger partial charge in [0, 0.05) is 5.41 Å². The number of hydrogen-bond acceptors (Lipinski definition) is 3. The highest BCUT2D eigenvalue weighted by Gasteiger charge is 2.57. The molecule has 0 aromatic carbocycles. The first-order chi connectivity index (χ1) is 12.0. The van der Waals surface area contributed by atoms with E-state index in [0.717, 1.165) is 25.7 Å². The Kier molecular flexibility index (Phi) is 4.61. The predicted molar refractivity (Wildman–Crippen MR) is 102 cm³/mol. The van der Waals surface area contributed by atoms with Gasteiger partial charge < -0.3 is 10.5 Å². The quantitative estimate of drug-likeness (QED) is 0.457. The van der Waals surface area contributed by atoms with E-state index in [1.54, 1.807) is 5.57 Å². The molecule has 0 aromatic rings. The third kappa shape index (κ3) is 2.91. The number of fused-ring (bicyclic) bond motifs is 3. The second-order valence-corrected chi connectivity index (χ2v) is 9.79. The fourth-order valence-corrected chi connectivity index (χ4v) is 6.21. The van der Waals surface area contributed by atoms with Crippen molar-refractivity contribution >= 4 is 11.9 Å². The van der Waals surface area contributed by atoms with Crippen molar-refractivity contribution in [3.05, 3.63) is 24.3 Å². The number of rotatable bonds is 2. The van der Waals surface area contributed by atoms with Gasteiger partial charge in [0.1, 0.15) is 6.10 Å². The summed E-state index contributed by atoms with van der Waals surface area (Å²) < 4.78 is 5.50. The summed E-state index contributed by atoms with van der Waals surface area (Å²) in [6.07, 6.45) is 10.7. The topological polar surface area (TPSA) is 69.4 Å². The molecule has 0 aromatic heterocycles. The molecule has 1 amide bonds. The number of esters is 1. The van der Waals surface area contributed by atoms with E-state index in [9.17, 15) is 9.59 Å². The third-order valence-corrected chi connectivity index (χ3v) is 7.77. The molecule has 2 saturated carbocycles. The number of ether oxygens (including phenoxy) is 1. The first-order valence-corrected chi connectivity index (χ1v) is 9.88. The number of primary amides is 1. The molecule has 3 aliphatic carbocycles. The molecule has 5 atom stereocenters. The smallest absolute Gasteiger partial charge is 0.396 e. The predicted octanol–water partition coefficient (Wildman–Crippen LogP) is 4.15.